The molecule has 1 atom stereocenters. The van der Waals surface area contributed by atoms with Crippen LogP contribution in [-0.4, -0.2) is 52.2 Å². The number of aryl methyl sites for hydroxylation is 1. The Labute approximate surface area is 153 Å². The Kier molecular flexibility index (Phi) is 4.70. The topological polar surface area (TPSA) is 64.6 Å². The molecule has 4 heterocycles. The fourth-order valence-corrected chi connectivity index (χ4v) is 3.64. The highest BCUT2D eigenvalue weighted by Crippen LogP contribution is 2.36. The van der Waals surface area contributed by atoms with E-state index in [1.165, 1.54) is 0 Å². The van der Waals surface area contributed by atoms with E-state index >= 15 is 0 Å². The van der Waals surface area contributed by atoms with Crippen molar-refractivity contribution in [3.05, 3.63) is 59.7 Å². The predicted octanol–water partition coefficient (Wildman–Crippen LogP) is 2.38. The van der Waals surface area contributed by atoms with Crippen molar-refractivity contribution in [1.29, 1.82) is 0 Å². The van der Waals surface area contributed by atoms with Gasteiger partial charge in [-0.1, -0.05) is 6.07 Å². The maximum Gasteiger partial charge on any atom is 0.272 e. The van der Waals surface area contributed by atoms with Crippen LogP contribution in [0.15, 0.2) is 42.7 Å². The highest BCUT2D eigenvalue weighted by atomic mass is 16.5. The fraction of sp³-hybridized carbons (Fsp3) is 0.450. The van der Waals surface area contributed by atoms with Gasteiger partial charge in [0.15, 0.2) is 0 Å². The van der Waals surface area contributed by atoms with E-state index in [1.54, 1.807) is 12.4 Å². The number of rotatable bonds is 4. The third-order valence-electron chi connectivity index (χ3n) is 5.02. The Morgan fingerprint density at radius 3 is 2.96 bits per heavy atom. The van der Waals surface area contributed by atoms with Gasteiger partial charge in [0.2, 0.25) is 0 Å². The zero-order chi connectivity index (χ0) is 18.0. The molecule has 2 aliphatic rings. The quantitative estimate of drug-likeness (QED) is 0.844. The van der Waals surface area contributed by atoms with Crippen LogP contribution in [0.2, 0.25) is 0 Å². The van der Waals surface area contributed by atoms with Crippen molar-refractivity contribution >= 4 is 5.91 Å². The van der Waals surface area contributed by atoms with Crippen molar-refractivity contribution in [2.45, 2.75) is 38.1 Å². The predicted molar refractivity (Wildman–Crippen MR) is 95.6 cm³/mol. The molecule has 1 spiro atoms. The maximum atomic E-state index is 12.6. The van der Waals surface area contributed by atoms with E-state index < -0.39 is 0 Å². The number of aromatic nitrogens is 2. The lowest BCUT2D eigenvalue weighted by molar-refractivity contribution is -0.188. The standard InChI is InChI=1S/C20H23N3O3/c1-15-5-8-22-18(10-15)19(24)23-13-20(14-23)11-17(6-9-26-20)25-12-16-4-2-3-7-21-16/h2-5,7-8,10,17H,6,9,11-14H2,1H3. The van der Waals surface area contributed by atoms with E-state index in [0.717, 1.165) is 24.1 Å². The third kappa shape index (κ3) is 3.61. The van der Waals surface area contributed by atoms with E-state index in [1.807, 2.05) is 42.2 Å². The van der Waals surface area contributed by atoms with Crippen LogP contribution >= 0.6 is 0 Å². The molecule has 136 valence electrons. The van der Waals surface area contributed by atoms with Crippen LogP contribution in [0.5, 0.6) is 0 Å². The SMILES string of the molecule is Cc1ccnc(C(=O)N2CC3(CC(OCc4ccccn4)CCO3)C2)c1. The summed E-state index contributed by atoms with van der Waals surface area (Å²) in [4.78, 5) is 22.9. The Morgan fingerprint density at radius 1 is 1.31 bits per heavy atom. The molecule has 4 rings (SSSR count). The molecule has 0 saturated carbocycles. The second kappa shape index (κ2) is 7.13. The Hall–Kier alpha value is -2.31. The van der Waals surface area contributed by atoms with E-state index in [0.29, 0.717) is 32.0 Å². The molecule has 0 radical (unpaired) electrons. The van der Waals surface area contributed by atoms with Gasteiger partial charge in [-0.05, 0) is 43.2 Å². The van der Waals surface area contributed by atoms with Gasteiger partial charge >= 0.3 is 0 Å². The van der Waals surface area contributed by atoms with Crippen LogP contribution < -0.4 is 0 Å². The second-order valence-corrected chi connectivity index (χ2v) is 7.16. The highest BCUT2D eigenvalue weighted by molar-refractivity contribution is 5.93. The second-order valence-electron chi connectivity index (χ2n) is 7.16. The van der Waals surface area contributed by atoms with Crippen LogP contribution in [-0.2, 0) is 16.1 Å². The van der Waals surface area contributed by atoms with Gasteiger partial charge < -0.3 is 14.4 Å². The number of hydrogen-bond donors (Lipinski definition) is 0. The molecule has 6 nitrogen and oxygen atoms in total. The number of amides is 1. The number of ether oxygens (including phenoxy) is 2. The van der Waals surface area contributed by atoms with Crippen molar-refractivity contribution in [3.8, 4) is 0 Å². The number of likely N-dealkylation sites (tertiary alicyclic amines) is 1. The summed E-state index contributed by atoms with van der Waals surface area (Å²) in [6.07, 6.45) is 5.28. The van der Waals surface area contributed by atoms with E-state index in [-0.39, 0.29) is 17.6 Å². The zero-order valence-corrected chi connectivity index (χ0v) is 14.9. The zero-order valence-electron chi connectivity index (χ0n) is 14.9. The molecular weight excluding hydrogens is 330 g/mol. The Morgan fingerprint density at radius 2 is 2.19 bits per heavy atom. The molecule has 6 heteroatoms. The molecule has 2 aromatic heterocycles. The summed E-state index contributed by atoms with van der Waals surface area (Å²) < 4.78 is 12.1. The lowest BCUT2D eigenvalue weighted by atomic mass is 9.84. The van der Waals surface area contributed by atoms with E-state index in [2.05, 4.69) is 9.97 Å². The molecule has 0 N–H and O–H groups in total. The number of nitrogens with zero attached hydrogens (tertiary/aromatic N) is 3. The third-order valence-corrected chi connectivity index (χ3v) is 5.02. The van der Waals surface area contributed by atoms with Gasteiger partial charge in [0.25, 0.3) is 5.91 Å². The number of carbonyl (C=O) groups is 1. The van der Waals surface area contributed by atoms with Crippen LogP contribution in [0, 0.1) is 6.92 Å². The van der Waals surface area contributed by atoms with Gasteiger partial charge in [-0.3, -0.25) is 14.8 Å². The molecule has 2 aromatic rings. The molecule has 0 aromatic carbocycles. The van der Waals surface area contributed by atoms with Crippen molar-refractivity contribution in [2.24, 2.45) is 0 Å². The van der Waals surface area contributed by atoms with Crippen LogP contribution in [0.1, 0.15) is 34.6 Å². The van der Waals surface area contributed by atoms with Crippen LogP contribution in [0.25, 0.3) is 0 Å². The summed E-state index contributed by atoms with van der Waals surface area (Å²) in [5.74, 6) is -0.0283. The molecule has 26 heavy (non-hydrogen) atoms. The van der Waals surface area contributed by atoms with Crippen LogP contribution in [0.4, 0.5) is 0 Å². The van der Waals surface area contributed by atoms with E-state index in [4.69, 9.17) is 9.47 Å². The number of hydrogen-bond acceptors (Lipinski definition) is 5. The molecule has 1 amide bonds. The first-order valence-electron chi connectivity index (χ1n) is 9.01. The molecule has 1 unspecified atom stereocenters. The Bertz CT molecular complexity index is 775. The minimum Gasteiger partial charge on any atom is -0.372 e. The van der Waals surface area contributed by atoms with E-state index in [9.17, 15) is 4.79 Å². The first kappa shape index (κ1) is 17.1. The van der Waals surface area contributed by atoms with Crippen molar-refractivity contribution in [1.82, 2.24) is 14.9 Å². The largest absolute Gasteiger partial charge is 0.372 e. The lowest BCUT2D eigenvalue weighted by Crippen LogP contribution is -2.67. The molecule has 2 saturated heterocycles. The molecule has 0 bridgehead atoms. The first-order valence-corrected chi connectivity index (χ1v) is 9.01. The van der Waals surface area contributed by atoms with Crippen molar-refractivity contribution in [3.63, 3.8) is 0 Å². The average molecular weight is 353 g/mol. The summed E-state index contributed by atoms with van der Waals surface area (Å²) in [7, 11) is 0. The lowest BCUT2D eigenvalue weighted by Gasteiger charge is -2.52. The summed E-state index contributed by atoms with van der Waals surface area (Å²) in [6.45, 7) is 4.34. The van der Waals surface area contributed by atoms with Gasteiger partial charge in [-0.15, -0.1) is 0 Å². The molecule has 0 aliphatic carbocycles. The summed E-state index contributed by atoms with van der Waals surface area (Å²) in [5.41, 5.74) is 2.20. The fourth-order valence-electron chi connectivity index (χ4n) is 3.64. The smallest absolute Gasteiger partial charge is 0.272 e. The maximum absolute atomic E-state index is 12.6. The van der Waals surface area contributed by atoms with Gasteiger partial charge in [-0.25, -0.2) is 0 Å². The Balaban J connectivity index is 1.32. The minimum absolute atomic E-state index is 0.0283. The van der Waals surface area contributed by atoms with Gasteiger partial charge in [-0.2, -0.15) is 0 Å². The van der Waals surface area contributed by atoms with Gasteiger partial charge in [0, 0.05) is 25.4 Å². The minimum atomic E-state index is -0.271. The number of pyridine rings is 2. The van der Waals surface area contributed by atoms with Crippen molar-refractivity contribution in [2.75, 3.05) is 19.7 Å². The monoisotopic (exact) mass is 353 g/mol. The summed E-state index contributed by atoms with van der Waals surface area (Å²) in [5, 5.41) is 0. The summed E-state index contributed by atoms with van der Waals surface area (Å²) in [6, 6.07) is 9.55. The normalized spacial score (nSPS) is 21.4. The molecule has 2 aliphatic heterocycles. The molecular formula is C20H23N3O3. The summed E-state index contributed by atoms with van der Waals surface area (Å²) >= 11 is 0. The number of carbonyl (C=O) groups excluding carboxylic acids is 1. The average Bonchev–Trinajstić information content (AvgIpc) is 2.65. The van der Waals surface area contributed by atoms with Gasteiger partial charge in [0.1, 0.15) is 11.3 Å². The van der Waals surface area contributed by atoms with Crippen molar-refractivity contribution < 1.29 is 14.3 Å². The van der Waals surface area contributed by atoms with Crippen LogP contribution in [0.3, 0.4) is 0 Å². The molecule has 2 fully saturated rings. The first-order chi connectivity index (χ1) is 12.6. The van der Waals surface area contributed by atoms with Gasteiger partial charge in [0.05, 0.1) is 31.5 Å². The highest BCUT2D eigenvalue weighted by Gasteiger charge is 2.49.